The smallest absolute Gasteiger partial charge is 0.189 e. The first-order valence-corrected chi connectivity index (χ1v) is 7.63. The highest BCUT2D eigenvalue weighted by Crippen LogP contribution is 2.27. The Bertz CT molecular complexity index is 911. The summed E-state index contributed by atoms with van der Waals surface area (Å²) in [4.78, 5) is 8.96. The SMILES string of the molecule is Cc1c(Nc2nc3ccccc3s2)nnc2c1=CCCN=2. The third-order valence-electron chi connectivity index (χ3n) is 3.50. The minimum Gasteiger partial charge on any atom is -0.314 e. The zero-order valence-electron chi connectivity index (χ0n) is 11.5. The molecule has 3 heterocycles. The largest absolute Gasteiger partial charge is 0.314 e. The summed E-state index contributed by atoms with van der Waals surface area (Å²) in [6.07, 6.45) is 3.13. The van der Waals surface area contributed by atoms with Gasteiger partial charge in [0.2, 0.25) is 0 Å². The van der Waals surface area contributed by atoms with Crippen molar-refractivity contribution in [2.45, 2.75) is 13.3 Å². The van der Waals surface area contributed by atoms with Crippen molar-refractivity contribution in [1.82, 2.24) is 15.2 Å². The average molecular weight is 295 g/mol. The van der Waals surface area contributed by atoms with Gasteiger partial charge in [0.05, 0.1) is 10.2 Å². The van der Waals surface area contributed by atoms with E-state index in [1.54, 1.807) is 11.3 Å². The molecule has 3 aromatic rings. The van der Waals surface area contributed by atoms with Gasteiger partial charge in [-0.05, 0) is 25.5 Å². The number of para-hydroxylation sites is 1. The molecule has 0 unspecified atom stereocenters. The number of benzene rings is 1. The van der Waals surface area contributed by atoms with Gasteiger partial charge in [0.1, 0.15) is 0 Å². The second kappa shape index (κ2) is 4.89. The van der Waals surface area contributed by atoms with Gasteiger partial charge in [-0.1, -0.05) is 29.5 Å². The van der Waals surface area contributed by atoms with E-state index in [1.165, 1.54) is 0 Å². The lowest BCUT2D eigenvalue weighted by Crippen LogP contribution is -2.35. The number of hydrogen-bond acceptors (Lipinski definition) is 6. The summed E-state index contributed by atoms with van der Waals surface area (Å²) in [5, 5.41) is 13.6. The molecule has 1 N–H and O–H groups in total. The van der Waals surface area contributed by atoms with Crippen molar-refractivity contribution < 1.29 is 0 Å². The zero-order chi connectivity index (χ0) is 14.2. The summed E-state index contributed by atoms with van der Waals surface area (Å²) >= 11 is 1.61. The van der Waals surface area contributed by atoms with E-state index in [2.05, 4.69) is 37.6 Å². The molecular formula is C15H13N5S. The Hall–Kier alpha value is -2.34. The standard InChI is InChI=1S/C15H13N5S/c1-9-10-5-4-8-16-14(10)20-19-13(9)18-15-17-11-6-2-3-7-12(11)21-15/h2-3,5-7H,4,8H2,1H3,(H,17,18). The lowest BCUT2D eigenvalue weighted by atomic mass is 10.2. The van der Waals surface area contributed by atoms with Gasteiger partial charge in [-0.2, -0.15) is 0 Å². The molecule has 1 aromatic carbocycles. The van der Waals surface area contributed by atoms with Crippen LogP contribution in [0.2, 0.25) is 0 Å². The number of anilines is 2. The fraction of sp³-hybridized carbons (Fsp3) is 0.200. The summed E-state index contributed by atoms with van der Waals surface area (Å²) in [6, 6.07) is 8.09. The number of aromatic nitrogens is 3. The highest BCUT2D eigenvalue weighted by atomic mass is 32.1. The van der Waals surface area contributed by atoms with Crippen LogP contribution >= 0.6 is 11.3 Å². The van der Waals surface area contributed by atoms with Crippen LogP contribution in [0.1, 0.15) is 12.0 Å². The van der Waals surface area contributed by atoms with Crippen LogP contribution in [0, 0.1) is 6.92 Å². The van der Waals surface area contributed by atoms with Crippen LogP contribution in [-0.2, 0) is 0 Å². The van der Waals surface area contributed by atoms with Gasteiger partial charge < -0.3 is 5.32 Å². The predicted molar refractivity (Wildman–Crippen MR) is 84.4 cm³/mol. The van der Waals surface area contributed by atoms with Crippen molar-refractivity contribution in [1.29, 1.82) is 0 Å². The van der Waals surface area contributed by atoms with Crippen LogP contribution in [-0.4, -0.2) is 21.7 Å². The van der Waals surface area contributed by atoms with Gasteiger partial charge in [0.25, 0.3) is 0 Å². The zero-order valence-corrected chi connectivity index (χ0v) is 12.3. The summed E-state index contributed by atoms with van der Waals surface area (Å²) in [5.74, 6) is 0.751. The summed E-state index contributed by atoms with van der Waals surface area (Å²) in [7, 11) is 0. The van der Waals surface area contributed by atoms with Gasteiger partial charge in [-0.25, -0.2) is 4.98 Å². The molecule has 0 aliphatic carbocycles. The molecule has 1 aliphatic rings. The van der Waals surface area contributed by atoms with E-state index in [0.29, 0.717) is 0 Å². The molecule has 5 nitrogen and oxygen atoms in total. The summed E-state index contributed by atoms with van der Waals surface area (Å²) in [6.45, 7) is 2.84. The van der Waals surface area contributed by atoms with Gasteiger partial charge in [0, 0.05) is 17.3 Å². The lowest BCUT2D eigenvalue weighted by molar-refractivity contribution is 0.855. The maximum absolute atomic E-state index is 4.57. The first kappa shape index (κ1) is 12.4. The Morgan fingerprint density at radius 3 is 3.00 bits per heavy atom. The number of nitrogens with zero attached hydrogens (tertiary/aromatic N) is 4. The molecule has 0 saturated carbocycles. The molecule has 2 aromatic heterocycles. The molecular weight excluding hydrogens is 282 g/mol. The van der Waals surface area contributed by atoms with E-state index in [0.717, 1.165) is 50.4 Å². The second-order valence-electron chi connectivity index (χ2n) is 4.90. The maximum Gasteiger partial charge on any atom is 0.189 e. The van der Waals surface area contributed by atoms with E-state index < -0.39 is 0 Å². The molecule has 0 radical (unpaired) electrons. The van der Waals surface area contributed by atoms with E-state index in [4.69, 9.17) is 0 Å². The van der Waals surface area contributed by atoms with Gasteiger partial charge in [-0.15, -0.1) is 10.2 Å². The lowest BCUT2D eigenvalue weighted by Gasteiger charge is -2.07. The van der Waals surface area contributed by atoms with Crippen molar-refractivity contribution >= 4 is 38.6 Å². The van der Waals surface area contributed by atoms with Crippen molar-refractivity contribution in [3.8, 4) is 0 Å². The minimum atomic E-state index is 0.744. The fourth-order valence-corrected chi connectivity index (χ4v) is 3.27. The Labute approximate surface area is 125 Å². The number of nitrogens with one attached hydrogen (secondary N) is 1. The van der Waals surface area contributed by atoms with Gasteiger partial charge >= 0.3 is 0 Å². The molecule has 21 heavy (non-hydrogen) atoms. The molecule has 0 fully saturated rings. The molecule has 0 atom stereocenters. The van der Waals surface area contributed by atoms with E-state index in [9.17, 15) is 0 Å². The number of rotatable bonds is 2. The van der Waals surface area contributed by atoms with E-state index in [-0.39, 0.29) is 0 Å². The van der Waals surface area contributed by atoms with Crippen molar-refractivity contribution in [2.24, 2.45) is 4.99 Å². The average Bonchev–Trinajstić information content (AvgIpc) is 2.93. The Morgan fingerprint density at radius 1 is 1.19 bits per heavy atom. The Balaban J connectivity index is 1.78. The Kier molecular flexibility index (Phi) is 2.89. The van der Waals surface area contributed by atoms with Crippen molar-refractivity contribution in [3.05, 3.63) is 40.5 Å². The van der Waals surface area contributed by atoms with Crippen LogP contribution in [0.15, 0.2) is 29.3 Å². The maximum atomic E-state index is 4.57. The first-order valence-electron chi connectivity index (χ1n) is 6.82. The molecule has 6 heteroatoms. The first-order chi connectivity index (χ1) is 10.3. The van der Waals surface area contributed by atoms with Crippen LogP contribution in [0.5, 0.6) is 0 Å². The second-order valence-corrected chi connectivity index (χ2v) is 5.93. The van der Waals surface area contributed by atoms with Crippen molar-refractivity contribution in [3.63, 3.8) is 0 Å². The highest BCUT2D eigenvalue weighted by Gasteiger charge is 2.09. The molecule has 104 valence electrons. The molecule has 0 bridgehead atoms. The van der Waals surface area contributed by atoms with Gasteiger partial charge in [-0.3, -0.25) is 4.99 Å². The predicted octanol–water partition coefficient (Wildman–Crippen LogP) is 1.94. The number of fused-ring (bicyclic) bond motifs is 2. The minimum absolute atomic E-state index is 0.744. The van der Waals surface area contributed by atoms with Crippen LogP contribution in [0.25, 0.3) is 16.3 Å². The fourth-order valence-electron chi connectivity index (χ4n) is 2.41. The molecule has 0 amide bonds. The van der Waals surface area contributed by atoms with E-state index >= 15 is 0 Å². The highest BCUT2D eigenvalue weighted by molar-refractivity contribution is 7.22. The number of thiazole rings is 1. The van der Waals surface area contributed by atoms with Crippen LogP contribution in [0.3, 0.4) is 0 Å². The third kappa shape index (κ3) is 2.17. The number of hydrogen-bond donors (Lipinski definition) is 1. The Morgan fingerprint density at radius 2 is 2.10 bits per heavy atom. The summed E-state index contributed by atoms with van der Waals surface area (Å²) < 4.78 is 1.16. The molecule has 1 aliphatic heterocycles. The van der Waals surface area contributed by atoms with Crippen LogP contribution < -0.4 is 16.0 Å². The quantitative estimate of drug-likeness (QED) is 0.785. The molecule has 4 rings (SSSR count). The topological polar surface area (TPSA) is 63.1 Å². The van der Waals surface area contributed by atoms with Crippen molar-refractivity contribution in [2.75, 3.05) is 11.9 Å². The molecule has 0 saturated heterocycles. The van der Waals surface area contributed by atoms with Gasteiger partial charge in [0.15, 0.2) is 16.4 Å². The summed E-state index contributed by atoms with van der Waals surface area (Å²) in [5.41, 5.74) is 2.81. The van der Waals surface area contributed by atoms with E-state index in [1.807, 2.05) is 25.1 Å². The third-order valence-corrected chi connectivity index (χ3v) is 4.46. The van der Waals surface area contributed by atoms with Crippen LogP contribution in [0.4, 0.5) is 10.9 Å². The monoisotopic (exact) mass is 295 g/mol. The molecule has 0 spiro atoms. The normalized spacial score (nSPS) is 13.4.